The molecule has 0 aromatic heterocycles. The van der Waals surface area contributed by atoms with Crippen LogP contribution in [0, 0.1) is 0 Å². The zero-order chi connectivity index (χ0) is 12.0. The first-order valence-electron chi connectivity index (χ1n) is 5.04. The molecule has 1 aromatic rings. The van der Waals surface area contributed by atoms with E-state index in [4.69, 9.17) is 0 Å². The fraction of sp³-hybridized carbons (Fsp3) is 0.333. The predicted molar refractivity (Wildman–Crippen MR) is 59.5 cm³/mol. The van der Waals surface area contributed by atoms with Crippen molar-refractivity contribution in [3.8, 4) is 0 Å². The molecule has 4 nitrogen and oxygen atoms in total. The second kappa shape index (κ2) is 6.02. The number of rotatable bonds is 5. The van der Waals surface area contributed by atoms with E-state index in [1.54, 1.807) is 0 Å². The number of hydrogen-bond acceptors (Lipinski definition) is 3. The Hall–Kier alpha value is -1.68. The van der Waals surface area contributed by atoms with Crippen LogP contribution in [0.4, 0.5) is 0 Å². The van der Waals surface area contributed by atoms with E-state index in [1.807, 2.05) is 30.3 Å². The molecule has 1 aromatic carbocycles. The van der Waals surface area contributed by atoms with Gasteiger partial charge in [0.05, 0.1) is 7.11 Å². The zero-order valence-corrected chi connectivity index (χ0v) is 9.47. The van der Waals surface area contributed by atoms with Crippen molar-refractivity contribution >= 4 is 11.7 Å². The van der Waals surface area contributed by atoms with Crippen molar-refractivity contribution < 1.29 is 14.4 Å². The molecule has 16 heavy (non-hydrogen) atoms. The third-order valence-corrected chi connectivity index (χ3v) is 2.28. The summed E-state index contributed by atoms with van der Waals surface area (Å²) in [5.41, 5.74) is 1.05. The van der Waals surface area contributed by atoms with Crippen molar-refractivity contribution in [3.63, 3.8) is 0 Å². The van der Waals surface area contributed by atoms with Gasteiger partial charge in [0.15, 0.2) is 0 Å². The summed E-state index contributed by atoms with van der Waals surface area (Å²) in [6, 6.07) is 9.58. The number of hydroxylamine groups is 2. The molecule has 0 saturated heterocycles. The fourth-order valence-electron chi connectivity index (χ4n) is 1.27. The van der Waals surface area contributed by atoms with Crippen molar-refractivity contribution in [2.45, 2.75) is 12.8 Å². The van der Waals surface area contributed by atoms with Crippen molar-refractivity contribution in [1.29, 1.82) is 0 Å². The summed E-state index contributed by atoms with van der Waals surface area (Å²) < 4.78 is 0. The van der Waals surface area contributed by atoms with Crippen molar-refractivity contribution in [3.05, 3.63) is 35.9 Å². The van der Waals surface area contributed by atoms with Crippen molar-refractivity contribution in [1.82, 2.24) is 5.06 Å². The maximum atomic E-state index is 11.4. The lowest BCUT2D eigenvalue weighted by molar-refractivity contribution is -0.172. The van der Waals surface area contributed by atoms with Crippen LogP contribution in [0.3, 0.4) is 0 Å². The Balaban J connectivity index is 2.44. The van der Waals surface area contributed by atoms with Crippen LogP contribution in [0.5, 0.6) is 0 Å². The minimum atomic E-state index is -0.613. The zero-order valence-electron chi connectivity index (χ0n) is 9.47. The van der Waals surface area contributed by atoms with Gasteiger partial charge in [-0.3, -0.25) is 14.4 Å². The predicted octanol–water partition coefficient (Wildman–Crippen LogP) is 1.21. The maximum Gasteiger partial charge on any atom is 0.313 e. The molecule has 1 amide bonds. The topological polar surface area (TPSA) is 46.6 Å². The first kappa shape index (κ1) is 12.4. The van der Waals surface area contributed by atoms with E-state index in [9.17, 15) is 9.59 Å². The molecule has 0 fully saturated rings. The van der Waals surface area contributed by atoms with Crippen LogP contribution in [0.2, 0.25) is 0 Å². The molecule has 0 aliphatic rings. The molecular formula is C12H15NO3. The van der Waals surface area contributed by atoms with Gasteiger partial charge in [0.1, 0.15) is 0 Å². The minimum absolute atomic E-state index is 0.205. The number of carbonyl (C=O) groups is 2. The van der Waals surface area contributed by atoms with Gasteiger partial charge < -0.3 is 0 Å². The molecular weight excluding hydrogens is 206 g/mol. The molecule has 0 N–H and O–H groups in total. The van der Waals surface area contributed by atoms with Crippen LogP contribution in [0.25, 0.3) is 0 Å². The number of amides is 1. The Morgan fingerprint density at radius 2 is 1.88 bits per heavy atom. The standard InChI is InChI=1S/C12H15NO3/c1-13(16-2)12(15)11(14)9-8-10-6-4-3-5-7-10/h3-7H,8-9H2,1-2H3. The van der Waals surface area contributed by atoms with Gasteiger partial charge in [0.25, 0.3) is 0 Å². The molecule has 0 saturated carbocycles. The second-order valence-electron chi connectivity index (χ2n) is 3.39. The van der Waals surface area contributed by atoms with Gasteiger partial charge in [-0.2, -0.15) is 0 Å². The summed E-state index contributed by atoms with van der Waals surface area (Å²) in [4.78, 5) is 27.4. The number of Topliss-reactive ketones (excluding diaryl/α,β-unsaturated/α-hetero) is 1. The highest BCUT2D eigenvalue weighted by Gasteiger charge is 2.17. The quantitative estimate of drug-likeness (QED) is 0.554. The Morgan fingerprint density at radius 1 is 1.25 bits per heavy atom. The summed E-state index contributed by atoms with van der Waals surface area (Å²) in [6.45, 7) is 0. The molecule has 0 bridgehead atoms. The Morgan fingerprint density at radius 3 is 2.44 bits per heavy atom. The van der Waals surface area contributed by atoms with Gasteiger partial charge in [-0.15, -0.1) is 0 Å². The summed E-state index contributed by atoms with van der Waals surface area (Å²) in [5.74, 6) is -1.05. The van der Waals surface area contributed by atoms with E-state index in [2.05, 4.69) is 4.84 Å². The highest BCUT2D eigenvalue weighted by Crippen LogP contribution is 2.03. The summed E-state index contributed by atoms with van der Waals surface area (Å²) in [6.07, 6.45) is 0.777. The van der Waals surface area contributed by atoms with Crippen LogP contribution in [-0.2, 0) is 20.8 Å². The molecule has 0 unspecified atom stereocenters. The highest BCUT2D eigenvalue weighted by atomic mass is 16.7. The van der Waals surface area contributed by atoms with E-state index in [-0.39, 0.29) is 6.42 Å². The average molecular weight is 221 g/mol. The van der Waals surface area contributed by atoms with Crippen molar-refractivity contribution in [2.24, 2.45) is 0 Å². The van der Waals surface area contributed by atoms with Crippen molar-refractivity contribution in [2.75, 3.05) is 14.2 Å². The Labute approximate surface area is 94.8 Å². The van der Waals surface area contributed by atoms with Crippen LogP contribution < -0.4 is 0 Å². The number of ketones is 1. The van der Waals surface area contributed by atoms with Gasteiger partial charge in [-0.1, -0.05) is 30.3 Å². The monoisotopic (exact) mass is 221 g/mol. The number of hydrogen-bond donors (Lipinski definition) is 0. The minimum Gasteiger partial charge on any atom is -0.289 e. The molecule has 0 aliphatic carbocycles. The van der Waals surface area contributed by atoms with Crippen LogP contribution in [-0.4, -0.2) is 30.9 Å². The number of nitrogens with zero attached hydrogens (tertiary/aromatic N) is 1. The summed E-state index contributed by atoms with van der Waals surface area (Å²) in [5, 5.41) is 0.938. The Bertz CT molecular complexity index is 362. The van der Waals surface area contributed by atoms with Gasteiger partial charge in [0.2, 0.25) is 5.78 Å². The van der Waals surface area contributed by atoms with Gasteiger partial charge in [-0.05, 0) is 12.0 Å². The summed E-state index contributed by atoms with van der Waals surface area (Å²) >= 11 is 0. The molecule has 0 spiro atoms. The normalized spacial score (nSPS) is 9.88. The first-order valence-corrected chi connectivity index (χ1v) is 5.04. The molecule has 86 valence electrons. The second-order valence-corrected chi connectivity index (χ2v) is 3.39. The molecule has 0 atom stereocenters. The van der Waals surface area contributed by atoms with E-state index >= 15 is 0 Å². The molecule has 4 heteroatoms. The van der Waals surface area contributed by atoms with Gasteiger partial charge in [-0.25, -0.2) is 5.06 Å². The molecule has 1 rings (SSSR count). The summed E-state index contributed by atoms with van der Waals surface area (Å²) in [7, 11) is 2.77. The molecule has 0 radical (unpaired) electrons. The lowest BCUT2D eigenvalue weighted by atomic mass is 10.1. The van der Waals surface area contributed by atoms with E-state index < -0.39 is 11.7 Å². The number of benzene rings is 1. The molecule has 0 heterocycles. The fourth-order valence-corrected chi connectivity index (χ4v) is 1.27. The van der Waals surface area contributed by atoms with Gasteiger partial charge >= 0.3 is 5.91 Å². The third-order valence-electron chi connectivity index (χ3n) is 2.28. The number of carbonyl (C=O) groups excluding carboxylic acids is 2. The number of likely N-dealkylation sites (N-methyl/N-ethyl adjacent to an activating group) is 1. The maximum absolute atomic E-state index is 11.4. The lowest BCUT2D eigenvalue weighted by Crippen LogP contribution is -2.32. The van der Waals surface area contributed by atoms with Crippen LogP contribution in [0.1, 0.15) is 12.0 Å². The first-order chi connectivity index (χ1) is 7.65. The van der Waals surface area contributed by atoms with Gasteiger partial charge in [0, 0.05) is 13.5 Å². The highest BCUT2D eigenvalue weighted by molar-refractivity contribution is 6.35. The third kappa shape index (κ3) is 3.47. The van der Waals surface area contributed by atoms with Crippen LogP contribution in [0.15, 0.2) is 30.3 Å². The average Bonchev–Trinajstić information content (AvgIpc) is 2.35. The van der Waals surface area contributed by atoms with E-state index in [0.717, 1.165) is 10.6 Å². The van der Waals surface area contributed by atoms with E-state index in [1.165, 1.54) is 14.2 Å². The number of aryl methyl sites for hydroxylation is 1. The Kier molecular flexibility index (Phi) is 4.66. The smallest absolute Gasteiger partial charge is 0.289 e. The van der Waals surface area contributed by atoms with E-state index in [0.29, 0.717) is 6.42 Å². The lowest BCUT2D eigenvalue weighted by Gasteiger charge is -2.12. The largest absolute Gasteiger partial charge is 0.313 e. The van der Waals surface area contributed by atoms with Crippen LogP contribution >= 0.6 is 0 Å². The molecule has 0 aliphatic heterocycles. The SMILES string of the molecule is CON(C)C(=O)C(=O)CCc1ccccc1.